The normalized spacial score (nSPS) is 12.4. The highest BCUT2D eigenvalue weighted by atomic mass is 32.1. The van der Waals surface area contributed by atoms with Crippen LogP contribution in [0.2, 0.25) is 0 Å². The number of para-hydroxylation sites is 2. The Morgan fingerprint density at radius 3 is 2.06 bits per heavy atom. The second-order valence-electron chi connectivity index (χ2n) is 14.0. The van der Waals surface area contributed by atoms with E-state index in [4.69, 9.17) is 14.4 Å². The zero-order chi connectivity index (χ0) is 35.1. The Labute approximate surface area is 314 Å². The van der Waals surface area contributed by atoms with Gasteiger partial charge in [-0.1, -0.05) is 127 Å². The molecule has 0 atom stereocenters. The molecule has 4 nitrogen and oxygen atoms in total. The SMILES string of the molecule is c1ccc2c(c1)ccc1c2sc2c1c1ccccc1c1c3ccccc3n(-c3nc4c(nc3-c3cccc5c3sc3ccccc35)oc3ccccc34)c21. The Balaban J connectivity index is 1.28. The maximum absolute atomic E-state index is 6.46. The van der Waals surface area contributed by atoms with Gasteiger partial charge < -0.3 is 4.42 Å². The number of rotatable bonds is 2. The first-order chi connectivity index (χ1) is 26.8. The van der Waals surface area contributed by atoms with Crippen LogP contribution in [0.15, 0.2) is 156 Å². The molecule has 6 heteroatoms. The summed E-state index contributed by atoms with van der Waals surface area (Å²) in [6.45, 7) is 0. The van der Waals surface area contributed by atoms with Gasteiger partial charge in [0.05, 0.1) is 15.7 Å². The first kappa shape index (κ1) is 28.9. The number of hydrogen-bond acceptors (Lipinski definition) is 5. The molecule has 0 radical (unpaired) electrons. The number of fused-ring (bicyclic) bond motifs is 18. The predicted octanol–water partition coefficient (Wildman–Crippen LogP) is 14.2. The summed E-state index contributed by atoms with van der Waals surface area (Å²) in [7, 11) is 0. The Kier molecular flexibility index (Phi) is 5.63. The van der Waals surface area contributed by atoms with E-state index in [1.54, 1.807) is 0 Å². The molecule has 0 aliphatic carbocycles. The molecule has 0 amide bonds. The topological polar surface area (TPSA) is 43.9 Å². The van der Waals surface area contributed by atoms with Crippen LogP contribution in [0, 0.1) is 0 Å². The van der Waals surface area contributed by atoms with Gasteiger partial charge in [-0.15, -0.1) is 22.7 Å². The summed E-state index contributed by atoms with van der Waals surface area (Å²) < 4.78 is 13.9. The Hall–Kier alpha value is -6.60. The van der Waals surface area contributed by atoms with E-state index >= 15 is 0 Å². The fraction of sp³-hybridized carbons (Fsp3) is 0. The molecule has 13 rings (SSSR count). The Morgan fingerprint density at radius 2 is 1.17 bits per heavy atom. The van der Waals surface area contributed by atoms with Crippen molar-refractivity contribution in [2.24, 2.45) is 0 Å². The average Bonchev–Trinajstić information content (AvgIpc) is 3.99. The lowest BCUT2D eigenvalue weighted by atomic mass is 9.98. The second-order valence-corrected chi connectivity index (χ2v) is 16.1. The monoisotopic (exact) mass is 723 g/mol. The largest absolute Gasteiger partial charge is 0.436 e. The van der Waals surface area contributed by atoms with Crippen LogP contribution in [-0.4, -0.2) is 14.5 Å². The summed E-state index contributed by atoms with van der Waals surface area (Å²) in [5, 5.41) is 13.4. The predicted molar refractivity (Wildman–Crippen MR) is 230 cm³/mol. The smallest absolute Gasteiger partial charge is 0.247 e. The molecule has 0 aliphatic rings. The zero-order valence-corrected chi connectivity index (χ0v) is 30.1. The third kappa shape index (κ3) is 3.71. The van der Waals surface area contributed by atoms with E-state index in [2.05, 4.69) is 138 Å². The lowest BCUT2D eigenvalue weighted by Gasteiger charge is -2.14. The summed E-state index contributed by atoms with van der Waals surface area (Å²) in [6, 6.07) is 54.4. The van der Waals surface area contributed by atoms with Crippen LogP contribution in [0.3, 0.4) is 0 Å². The molecule has 54 heavy (non-hydrogen) atoms. The lowest BCUT2D eigenvalue weighted by Crippen LogP contribution is -2.03. The van der Waals surface area contributed by atoms with Crippen molar-refractivity contribution in [1.82, 2.24) is 14.5 Å². The van der Waals surface area contributed by atoms with Gasteiger partial charge in [0.25, 0.3) is 0 Å². The van der Waals surface area contributed by atoms with Gasteiger partial charge in [0.1, 0.15) is 16.8 Å². The van der Waals surface area contributed by atoms with Crippen molar-refractivity contribution in [1.29, 1.82) is 0 Å². The molecule has 5 aromatic heterocycles. The van der Waals surface area contributed by atoms with Crippen molar-refractivity contribution in [3.05, 3.63) is 152 Å². The van der Waals surface area contributed by atoms with Gasteiger partial charge in [0, 0.05) is 57.4 Å². The third-order valence-electron chi connectivity index (χ3n) is 11.2. The van der Waals surface area contributed by atoms with Crippen LogP contribution in [0.4, 0.5) is 0 Å². The van der Waals surface area contributed by atoms with Gasteiger partial charge in [-0.25, -0.2) is 9.97 Å². The molecule has 0 fully saturated rings. The van der Waals surface area contributed by atoms with Gasteiger partial charge in [-0.05, 0) is 45.8 Å². The molecule has 0 spiro atoms. The average molecular weight is 724 g/mol. The van der Waals surface area contributed by atoms with Crippen LogP contribution < -0.4 is 0 Å². The van der Waals surface area contributed by atoms with Gasteiger partial charge in [0.2, 0.25) is 5.71 Å². The van der Waals surface area contributed by atoms with Gasteiger partial charge in [0.15, 0.2) is 5.82 Å². The van der Waals surface area contributed by atoms with Crippen LogP contribution >= 0.6 is 22.7 Å². The fourth-order valence-corrected chi connectivity index (χ4v) is 11.5. The number of thiophene rings is 2. The number of hydrogen-bond donors (Lipinski definition) is 0. The summed E-state index contributed by atoms with van der Waals surface area (Å²) in [5.74, 6) is 0.795. The van der Waals surface area contributed by atoms with E-state index in [1.165, 1.54) is 72.7 Å². The minimum absolute atomic E-state index is 0.540. The van der Waals surface area contributed by atoms with E-state index in [9.17, 15) is 0 Å². The minimum Gasteiger partial charge on any atom is -0.436 e. The highest BCUT2D eigenvalue weighted by molar-refractivity contribution is 7.28. The maximum atomic E-state index is 6.46. The molecule has 0 bridgehead atoms. The van der Waals surface area contributed by atoms with Crippen molar-refractivity contribution in [3.8, 4) is 17.1 Å². The van der Waals surface area contributed by atoms with Gasteiger partial charge >= 0.3 is 0 Å². The molecule has 0 saturated carbocycles. The van der Waals surface area contributed by atoms with Gasteiger partial charge in [-0.2, -0.15) is 0 Å². The van der Waals surface area contributed by atoms with E-state index in [1.807, 2.05) is 40.9 Å². The van der Waals surface area contributed by atoms with Crippen molar-refractivity contribution in [2.45, 2.75) is 0 Å². The summed E-state index contributed by atoms with van der Waals surface area (Å²) >= 11 is 3.70. The van der Waals surface area contributed by atoms with Crippen molar-refractivity contribution in [3.63, 3.8) is 0 Å². The molecule has 5 heterocycles. The van der Waals surface area contributed by atoms with Crippen LogP contribution in [0.1, 0.15) is 0 Å². The number of nitrogens with zero attached hydrogens (tertiary/aromatic N) is 3. The molecular weight excluding hydrogens is 699 g/mol. The molecule has 250 valence electrons. The zero-order valence-electron chi connectivity index (χ0n) is 28.5. The standard InChI is InChI=1S/C48H25N3OS2/c1-2-13-27-26(12-1)24-25-34-40-30-16-4-3-15-29(30)39-32-17-5-8-21-36(32)51(43(39)46(40)54-44(27)34)47-41(50-48-42(49-47)33-18-6-9-22-37(33)52-48)35-20-11-19-31-28-14-7-10-23-38(28)53-45(31)35/h1-25H. The van der Waals surface area contributed by atoms with Crippen molar-refractivity contribution >= 4 is 129 Å². The van der Waals surface area contributed by atoms with E-state index in [0.29, 0.717) is 5.71 Å². The maximum Gasteiger partial charge on any atom is 0.247 e. The van der Waals surface area contributed by atoms with Crippen LogP contribution in [0.25, 0.3) is 123 Å². The third-order valence-corrected chi connectivity index (χ3v) is 13.7. The second kappa shape index (κ2) is 10.5. The molecular formula is C48H25N3OS2. The Morgan fingerprint density at radius 1 is 0.463 bits per heavy atom. The molecule has 0 saturated heterocycles. The first-order valence-corrected chi connectivity index (χ1v) is 19.7. The number of aromatic nitrogens is 3. The number of benzene rings is 8. The van der Waals surface area contributed by atoms with Crippen LogP contribution in [0.5, 0.6) is 0 Å². The molecule has 0 aliphatic heterocycles. The summed E-state index contributed by atoms with van der Waals surface area (Å²) in [4.78, 5) is 11.1. The minimum atomic E-state index is 0.540. The lowest BCUT2D eigenvalue weighted by molar-refractivity contribution is 0.653. The quantitative estimate of drug-likeness (QED) is 0.178. The Bertz CT molecular complexity index is 3750. The van der Waals surface area contributed by atoms with E-state index in [-0.39, 0.29) is 0 Å². The van der Waals surface area contributed by atoms with E-state index in [0.717, 1.165) is 44.6 Å². The highest BCUT2D eigenvalue weighted by Crippen LogP contribution is 2.50. The van der Waals surface area contributed by atoms with E-state index < -0.39 is 0 Å². The molecule has 0 N–H and O–H groups in total. The molecule has 8 aromatic carbocycles. The van der Waals surface area contributed by atoms with Crippen LogP contribution in [-0.2, 0) is 0 Å². The van der Waals surface area contributed by atoms with Gasteiger partial charge in [-0.3, -0.25) is 4.57 Å². The summed E-state index contributed by atoms with van der Waals surface area (Å²) in [5.41, 5.74) is 6.18. The van der Waals surface area contributed by atoms with Crippen molar-refractivity contribution in [2.75, 3.05) is 0 Å². The number of furan rings is 1. The molecule has 0 unspecified atom stereocenters. The summed E-state index contributed by atoms with van der Waals surface area (Å²) in [6.07, 6.45) is 0. The van der Waals surface area contributed by atoms with Crippen molar-refractivity contribution < 1.29 is 4.42 Å². The first-order valence-electron chi connectivity index (χ1n) is 18.1. The highest BCUT2D eigenvalue weighted by Gasteiger charge is 2.27. The fourth-order valence-electron chi connectivity index (χ4n) is 8.91. The molecule has 13 aromatic rings.